The molecular formula is C9H10F3NO5S. The van der Waals surface area contributed by atoms with Crippen molar-refractivity contribution in [3.05, 3.63) is 12.7 Å². The van der Waals surface area contributed by atoms with E-state index in [0.717, 1.165) is 6.08 Å². The average Bonchev–Trinajstić information content (AvgIpc) is 2.22. The van der Waals surface area contributed by atoms with Gasteiger partial charge in [0.1, 0.15) is 6.04 Å². The third-order valence-corrected chi connectivity index (χ3v) is 4.64. The largest absolute Gasteiger partial charge is 0.491 e. The zero-order chi connectivity index (χ0) is 15.1. The molecule has 1 rings (SSSR count). The summed E-state index contributed by atoms with van der Waals surface area (Å²) in [5.41, 5.74) is 3.95. The molecule has 1 saturated heterocycles. The number of nitrogens with two attached hydrogens (primary N) is 1. The van der Waals surface area contributed by atoms with Gasteiger partial charge in [0, 0.05) is 5.41 Å². The molecule has 1 heterocycles. The SMILES string of the molecule is C=CC1([C@H](N)C(=O)OC(=O)C(F)(F)F)CS(=O)(=O)C1. The van der Waals surface area contributed by atoms with E-state index in [2.05, 4.69) is 11.3 Å². The molecule has 0 bridgehead atoms. The van der Waals surface area contributed by atoms with E-state index in [1.165, 1.54) is 0 Å². The molecule has 10 heteroatoms. The summed E-state index contributed by atoms with van der Waals surface area (Å²) < 4.78 is 61.4. The van der Waals surface area contributed by atoms with Crippen molar-refractivity contribution in [2.75, 3.05) is 11.5 Å². The summed E-state index contributed by atoms with van der Waals surface area (Å²) in [6.45, 7) is 3.29. The molecule has 0 radical (unpaired) electrons. The molecule has 1 fully saturated rings. The molecule has 2 N–H and O–H groups in total. The minimum Gasteiger partial charge on any atom is -0.385 e. The van der Waals surface area contributed by atoms with Crippen LogP contribution in [0.3, 0.4) is 0 Å². The van der Waals surface area contributed by atoms with Gasteiger partial charge >= 0.3 is 18.1 Å². The zero-order valence-electron chi connectivity index (χ0n) is 9.44. The monoisotopic (exact) mass is 301 g/mol. The molecule has 1 aliphatic rings. The van der Waals surface area contributed by atoms with Gasteiger partial charge < -0.3 is 10.5 Å². The van der Waals surface area contributed by atoms with Gasteiger partial charge in [0.05, 0.1) is 11.5 Å². The lowest BCUT2D eigenvalue weighted by Crippen LogP contribution is -2.61. The Labute approximate surface area is 106 Å². The Morgan fingerprint density at radius 2 is 1.84 bits per heavy atom. The van der Waals surface area contributed by atoms with Crippen molar-refractivity contribution in [2.24, 2.45) is 11.1 Å². The highest BCUT2D eigenvalue weighted by molar-refractivity contribution is 7.92. The summed E-state index contributed by atoms with van der Waals surface area (Å²) in [5, 5.41) is 0. The number of alkyl halides is 3. The van der Waals surface area contributed by atoms with Gasteiger partial charge in [-0.2, -0.15) is 13.2 Å². The van der Waals surface area contributed by atoms with Crippen molar-refractivity contribution in [2.45, 2.75) is 12.2 Å². The average molecular weight is 301 g/mol. The predicted molar refractivity (Wildman–Crippen MR) is 56.4 cm³/mol. The van der Waals surface area contributed by atoms with E-state index in [4.69, 9.17) is 5.73 Å². The highest BCUT2D eigenvalue weighted by Gasteiger charge is 2.54. The first-order valence-electron chi connectivity index (χ1n) is 4.86. The van der Waals surface area contributed by atoms with E-state index < -0.39 is 50.9 Å². The fraction of sp³-hybridized carbons (Fsp3) is 0.556. The quantitative estimate of drug-likeness (QED) is 0.430. The fourth-order valence-electron chi connectivity index (χ4n) is 1.65. The number of sulfone groups is 1. The van der Waals surface area contributed by atoms with E-state index >= 15 is 0 Å². The second kappa shape index (κ2) is 4.60. The maximum absolute atomic E-state index is 11.9. The summed E-state index contributed by atoms with van der Waals surface area (Å²) >= 11 is 0. The summed E-state index contributed by atoms with van der Waals surface area (Å²) in [4.78, 5) is 21.8. The van der Waals surface area contributed by atoms with Gasteiger partial charge in [-0.1, -0.05) is 6.08 Å². The molecule has 19 heavy (non-hydrogen) atoms. The van der Waals surface area contributed by atoms with Gasteiger partial charge in [0.2, 0.25) is 0 Å². The smallest absolute Gasteiger partial charge is 0.385 e. The van der Waals surface area contributed by atoms with Gasteiger partial charge in [-0.15, -0.1) is 6.58 Å². The van der Waals surface area contributed by atoms with Gasteiger partial charge in [0.25, 0.3) is 0 Å². The number of carbonyl (C=O) groups excluding carboxylic acids is 2. The second-order valence-corrected chi connectivity index (χ2v) is 6.22. The van der Waals surface area contributed by atoms with Crippen molar-refractivity contribution >= 4 is 21.8 Å². The van der Waals surface area contributed by atoms with Crippen LogP contribution in [0.4, 0.5) is 13.2 Å². The molecule has 0 aromatic heterocycles. The van der Waals surface area contributed by atoms with Gasteiger partial charge in [-0.25, -0.2) is 18.0 Å². The molecule has 0 saturated carbocycles. The summed E-state index contributed by atoms with van der Waals surface area (Å²) in [6, 6.07) is -1.71. The highest BCUT2D eigenvalue weighted by Crippen LogP contribution is 2.37. The van der Waals surface area contributed by atoms with Crippen LogP contribution < -0.4 is 5.73 Å². The Hall–Kier alpha value is -1.42. The van der Waals surface area contributed by atoms with Crippen molar-refractivity contribution in [1.29, 1.82) is 0 Å². The standard InChI is InChI=1S/C9H10F3NO5S/c1-2-8(3-19(16,17)4-8)5(13)6(14)18-7(15)9(10,11)12/h2,5H,1,3-4,13H2/t5-/m1/s1. The lowest BCUT2D eigenvalue weighted by Gasteiger charge is -2.41. The Balaban J connectivity index is 2.78. The lowest BCUT2D eigenvalue weighted by molar-refractivity contribution is -0.202. The number of halogens is 3. The highest BCUT2D eigenvalue weighted by atomic mass is 32.2. The minimum atomic E-state index is -5.33. The number of esters is 2. The van der Waals surface area contributed by atoms with E-state index in [0.29, 0.717) is 0 Å². The summed E-state index contributed by atoms with van der Waals surface area (Å²) in [6.07, 6.45) is -4.26. The van der Waals surface area contributed by atoms with Crippen LogP contribution in [0.15, 0.2) is 12.7 Å². The maximum Gasteiger partial charge on any atom is 0.491 e. The second-order valence-electron chi connectivity index (χ2n) is 4.15. The normalized spacial score (nSPS) is 21.9. The fourth-order valence-corrected chi connectivity index (χ4v) is 3.80. The Morgan fingerprint density at radius 3 is 2.16 bits per heavy atom. The number of hydrogen-bond donors (Lipinski definition) is 1. The third kappa shape index (κ3) is 3.13. The first kappa shape index (κ1) is 15.6. The Bertz CT molecular complexity index is 512. The van der Waals surface area contributed by atoms with Crippen molar-refractivity contribution in [3.8, 4) is 0 Å². The molecule has 0 aliphatic carbocycles. The van der Waals surface area contributed by atoms with Crippen LogP contribution in [0.25, 0.3) is 0 Å². The number of carbonyl (C=O) groups is 2. The molecule has 0 aromatic rings. The zero-order valence-corrected chi connectivity index (χ0v) is 10.3. The van der Waals surface area contributed by atoms with E-state index in [1.54, 1.807) is 0 Å². The van der Waals surface area contributed by atoms with Crippen molar-refractivity contribution in [1.82, 2.24) is 0 Å². The summed E-state index contributed by atoms with van der Waals surface area (Å²) in [5.74, 6) is -5.40. The van der Waals surface area contributed by atoms with Crippen LogP contribution in [0.1, 0.15) is 0 Å². The molecule has 0 spiro atoms. The van der Waals surface area contributed by atoms with Gasteiger partial charge in [0.15, 0.2) is 9.84 Å². The molecule has 0 aromatic carbocycles. The predicted octanol–water partition coefficient (Wildman–Crippen LogP) is -0.453. The first-order chi connectivity index (χ1) is 8.43. The summed E-state index contributed by atoms with van der Waals surface area (Å²) in [7, 11) is -3.40. The maximum atomic E-state index is 11.9. The Kier molecular flexibility index (Phi) is 3.79. The number of hydrogen-bond acceptors (Lipinski definition) is 6. The molecule has 0 unspecified atom stereocenters. The van der Waals surface area contributed by atoms with Crippen LogP contribution in [0.2, 0.25) is 0 Å². The molecule has 1 atom stereocenters. The van der Waals surface area contributed by atoms with E-state index in [-0.39, 0.29) is 0 Å². The number of rotatable bonds is 3. The van der Waals surface area contributed by atoms with E-state index in [1.807, 2.05) is 0 Å². The van der Waals surface area contributed by atoms with E-state index in [9.17, 15) is 31.2 Å². The molecule has 108 valence electrons. The van der Waals surface area contributed by atoms with Crippen LogP contribution in [0, 0.1) is 5.41 Å². The third-order valence-electron chi connectivity index (χ3n) is 2.68. The molecular weight excluding hydrogens is 291 g/mol. The van der Waals surface area contributed by atoms with Gasteiger partial charge in [-0.3, -0.25) is 0 Å². The first-order valence-corrected chi connectivity index (χ1v) is 6.68. The molecule has 6 nitrogen and oxygen atoms in total. The van der Waals surface area contributed by atoms with Crippen LogP contribution in [-0.4, -0.2) is 44.1 Å². The van der Waals surface area contributed by atoms with Crippen LogP contribution in [0.5, 0.6) is 0 Å². The van der Waals surface area contributed by atoms with Crippen LogP contribution in [-0.2, 0) is 24.2 Å². The van der Waals surface area contributed by atoms with Crippen LogP contribution >= 0.6 is 0 Å². The van der Waals surface area contributed by atoms with Gasteiger partial charge in [-0.05, 0) is 0 Å². The molecule has 0 amide bonds. The topological polar surface area (TPSA) is 104 Å². The molecule has 1 aliphatic heterocycles. The van der Waals surface area contributed by atoms with Crippen molar-refractivity contribution in [3.63, 3.8) is 0 Å². The lowest BCUT2D eigenvalue weighted by atomic mass is 9.83. The minimum absolute atomic E-state index is 0.528. The Morgan fingerprint density at radius 1 is 1.37 bits per heavy atom. The number of ether oxygens (including phenoxy) is 1. The van der Waals surface area contributed by atoms with Crippen molar-refractivity contribution < 1.29 is 35.9 Å².